The third-order valence-electron chi connectivity index (χ3n) is 2.52. The van der Waals surface area contributed by atoms with Gasteiger partial charge < -0.3 is 10.1 Å². The minimum atomic E-state index is -0.111. The van der Waals surface area contributed by atoms with Gasteiger partial charge >= 0.3 is 0 Å². The van der Waals surface area contributed by atoms with E-state index in [9.17, 15) is 4.79 Å². The van der Waals surface area contributed by atoms with E-state index in [4.69, 9.17) is 0 Å². The lowest BCUT2D eigenvalue weighted by molar-refractivity contribution is -0.110. The van der Waals surface area contributed by atoms with Crippen LogP contribution in [0, 0.1) is 0 Å². The van der Waals surface area contributed by atoms with Crippen molar-refractivity contribution in [1.29, 1.82) is 0 Å². The van der Waals surface area contributed by atoms with Crippen molar-refractivity contribution in [2.24, 2.45) is 0 Å². The molecule has 1 N–H and O–H groups in total. The first kappa shape index (κ1) is 8.45. The Hall–Kier alpha value is -1.15. The number of carbonyl (C=O) groups excluding carboxylic acids is 1. The van der Waals surface area contributed by atoms with Gasteiger partial charge in [-0.1, -0.05) is 24.3 Å². The minimum absolute atomic E-state index is 0.111. The van der Waals surface area contributed by atoms with Crippen LogP contribution in [0.15, 0.2) is 24.3 Å². The zero-order chi connectivity index (χ0) is 9.26. The highest BCUT2D eigenvalue weighted by Gasteiger charge is 2.22. The molecule has 2 rings (SSSR count). The van der Waals surface area contributed by atoms with E-state index >= 15 is 0 Å². The molecule has 2 heteroatoms. The summed E-state index contributed by atoms with van der Waals surface area (Å²) in [6.07, 6.45) is 2.00. The first-order valence-electron chi connectivity index (χ1n) is 4.60. The molecular weight excluding hydrogens is 162 g/mol. The van der Waals surface area contributed by atoms with Crippen LogP contribution >= 0.6 is 0 Å². The molecule has 1 aromatic carbocycles. The maximum atomic E-state index is 10.8. The normalized spacial score (nSPS) is 26.5. The van der Waals surface area contributed by atoms with Crippen molar-refractivity contribution < 1.29 is 4.79 Å². The Morgan fingerprint density at radius 1 is 1.46 bits per heavy atom. The van der Waals surface area contributed by atoms with Crippen LogP contribution in [-0.4, -0.2) is 12.3 Å². The van der Waals surface area contributed by atoms with Crippen molar-refractivity contribution in [2.45, 2.75) is 25.4 Å². The van der Waals surface area contributed by atoms with Gasteiger partial charge in [0.15, 0.2) is 0 Å². The molecule has 0 aliphatic carbocycles. The van der Waals surface area contributed by atoms with E-state index in [-0.39, 0.29) is 6.04 Å². The molecule has 0 spiro atoms. The molecule has 0 aromatic heterocycles. The largest absolute Gasteiger partial charge is 0.301 e. The fourth-order valence-corrected chi connectivity index (χ4v) is 1.92. The number of aldehydes is 1. The third-order valence-corrected chi connectivity index (χ3v) is 2.52. The highest BCUT2D eigenvalue weighted by molar-refractivity contribution is 5.63. The maximum absolute atomic E-state index is 10.8. The van der Waals surface area contributed by atoms with Gasteiger partial charge in [-0.25, -0.2) is 0 Å². The summed E-state index contributed by atoms with van der Waals surface area (Å²) in [7, 11) is 0. The van der Waals surface area contributed by atoms with Gasteiger partial charge in [0, 0.05) is 6.04 Å². The Bertz CT molecular complexity index is 322. The summed E-state index contributed by atoms with van der Waals surface area (Å²) in [5.41, 5.74) is 2.43. The fraction of sp³-hybridized carbons (Fsp3) is 0.364. The highest BCUT2D eigenvalue weighted by atomic mass is 16.1. The first-order valence-corrected chi connectivity index (χ1v) is 4.60. The monoisotopic (exact) mass is 175 g/mol. The maximum Gasteiger partial charge on any atom is 0.141 e. The van der Waals surface area contributed by atoms with Gasteiger partial charge in [0.2, 0.25) is 0 Å². The molecule has 68 valence electrons. The molecule has 1 heterocycles. The van der Waals surface area contributed by atoms with Crippen LogP contribution in [0.2, 0.25) is 0 Å². The van der Waals surface area contributed by atoms with Gasteiger partial charge in [0.1, 0.15) is 6.29 Å². The lowest BCUT2D eigenvalue weighted by Crippen LogP contribution is -2.37. The molecule has 2 nitrogen and oxygen atoms in total. The van der Waals surface area contributed by atoms with Crippen LogP contribution in [0.25, 0.3) is 0 Å². The summed E-state index contributed by atoms with van der Waals surface area (Å²) in [6, 6.07) is 8.41. The zero-order valence-electron chi connectivity index (χ0n) is 7.66. The van der Waals surface area contributed by atoms with Crippen molar-refractivity contribution in [3.8, 4) is 0 Å². The summed E-state index contributed by atoms with van der Waals surface area (Å²) < 4.78 is 0. The molecular formula is C11H13NO. The number of rotatable bonds is 1. The van der Waals surface area contributed by atoms with Crippen LogP contribution in [0.5, 0.6) is 0 Å². The van der Waals surface area contributed by atoms with E-state index in [2.05, 4.69) is 18.3 Å². The van der Waals surface area contributed by atoms with Crippen molar-refractivity contribution in [3.63, 3.8) is 0 Å². The van der Waals surface area contributed by atoms with Gasteiger partial charge in [-0.15, -0.1) is 0 Å². The number of fused-ring (bicyclic) bond motifs is 1. The SMILES string of the molecule is CC1Cc2ccccc2C(C=O)N1. The van der Waals surface area contributed by atoms with Gasteiger partial charge in [0.25, 0.3) is 0 Å². The van der Waals surface area contributed by atoms with Gasteiger partial charge in [-0.2, -0.15) is 0 Å². The van der Waals surface area contributed by atoms with Crippen molar-refractivity contribution in [1.82, 2.24) is 5.32 Å². The van der Waals surface area contributed by atoms with Gasteiger partial charge in [-0.05, 0) is 24.5 Å². The van der Waals surface area contributed by atoms with Crippen LogP contribution in [-0.2, 0) is 11.2 Å². The van der Waals surface area contributed by atoms with Crippen LogP contribution in [0.4, 0.5) is 0 Å². The molecule has 2 unspecified atom stereocenters. The second-order valence-electron chi connectivity index (χ2n) is 3.58. The van der Waals surface area contributed by atoms with Crippen LogP contribution < -0.4 is 5.32 Å². The first-order chi connectivity index (χ1) is 6.31. The molecule has 0 saturated carbocycles. The number of hydrogen-bond donors (Lipinski definition) is 1. The number of hydrogen-bond acceptors (Lipinski definition) is 2. The molecule has 0 radical (unpaired) electrons. The fourth-order valence-electron chi connectivity index (χ4n) is 1.92. The predicted octanol–water partition coefficient (Wildman–Crippen LogP) is 1.46. The Kier molecular flexibility index (Phi) is 2.15. The highest BCUT2D eigenvalue weighted by Crippen LogP contribution is 2.23. The number of benzene rings is 1. The van der Waals surface area contributed by atoms with E-state index < -0.39 is 0 Å². The summed E-state index contributed by atoms with van der Waals surface area (Å²) in [5, 5.41) is 3.25. The second kappa shape index (κ2) is 3.30. The van der Waals surface area contributed by atoms with Crippen molar-refractivity contribution in [2.75, 3.05) is 0 Å². The Morgan fingerprint density at radius 3 is 3.00 bits per heavy atom. The molecule has 0 bridgehead atoms. The topological polar surface area (TPSA) is 29.1 Å². The Morgan fingerprint density at radius 2 is 2.23 bits per heavy atom. The third kappa shape index (κ3) is 1.49. The quantitative estimate of drug-likeness (QED) is 0.655. The molecule has 1 aliphatic heterocycles. The van der Waals surface area contributed by atoms with Crippen molar-refractivity contribution >= 4 is 6.29 Å². The standard InChI is InChI=1S/C11H13NO/c1-8-6-9-4-2-3-5-10(9)11(7-13)12-8/h2-5,7-8,11-12H,6H2,1H3. The van der Waals surface area contributed by atoms with Crippen molar-refractivity contribution in [3.05, 3.63) is 35.4 Å². The molecule has 0 amide bonds. The summed E-state index contributed by atoms with van der Waals surface area (Å²) in [5.74, 6) is 0. The van der Waals surface area contributed by atoms with Gasteiger partial charge in [-0.3, -0.25) is 0 Å². The van der Waals surface area contributed by atoms with E-state index in [0.717, 1.165) is 18.3 Å². The Labute approximate surface area is 78.0 Å². The second-order valence-corrected chi connectivity index (χ2v) is 3.58. The van der Waals surface area contributed by atoms with Crippen LogP contribution in [0.1, 0.15) is 24.1 Å². The average molecular weight is 175 g/mol. The predicted molar refractivity (Wildman–Crippen MR) is 51.5 cm³/mol. The van der Waals surface area contributed by atoms with E-state index in [1.165, 1.54) is 5.56 Å². The van der Waals surface area contributed by atoms with Gasteiger partial charge in [0.05, 0.1) is 6.04 Å². The minimum Gasteiger partial charge on any atom is -0.301 e. The zero-order valence-corrected chi connectivity index (χ0v) is 7.66. The van der Waals surface area contributed by atoms with Crippen LogP contribution in [0.3, 0.4) is 0 Å². The summed E-state index contributed by atoms with van der Waals surface area (Å²) >= 11 is 0. The summed E-state index contributed by atoms with van der Waals surface area (Å²) in [6.45, 7) is 2.10. The molecule has 0 saturated heterocycles. The molecule has 13 heavy (non-hydrogen) atoms. The molecule has 2 atom stereocenters. The average Bonchev–Trinajstić information content (AvgIpc) is 2.16. The van der Waals surface area contributed by atoms with E-state index in [0.29, 0.717) is 6.04 Å². The van der Waals surface area contributed by atoms with E-state index in [1.807, 2.05) is 18.2 Å². The summed E-state index contributed by atoms with van der Waals surface area (Å²) in [4.78, 5) is 10.8. The number of carbonyl (C=O) groups is 1. The lowest BCUT2D eigenvalue weighted by atomic mass is 9.91. The lowest BCUT2D eigenvalue weighted by Gasteiger charge is -2.27. The van der Waals surface area contributed by atoms with E-state index in [1.54, 1.807) is 0 Å². The molecule has 0 fully saturated rings. The Balaban J connectivity index is 2.42. The number of nitrogens with one attached hydrogen (secondary N) is 1. The smallest absolute Gasteiger partial charge is 0.141 e. The molecule has 1 aromatic rings. The molecule has 1 aliphatic rings.